The summed E-state index contributed by atoms with van der Waals surface area (Å²) in [5.74, 6) is 0.223. The van der Waals surface area contributed by atoms with Gasteiger partial charge in [0.1, 0.15) is 22.4 Å². The van der Waals surface area contributed by atoms with Crippen LogP contribution in [0.25, 0.3) is 0 Å². The first kappa shape index (κ1) is 49.3. The predicted octanol–water partition coefficient (Wildman–Crippen LogP) is 9.53. The molecule has 14 nitrogen and oxygen atoms in total. The van der Waals surface area contributed by atoms with Gasteiger partial charge in [0.05, 0.1) is 18.9 Å². The largest absolute Gasteiger partial charge is 0.519 e. The molecule has 2 amide bonds. The SMILES string of the molecule is CC(C)(C)OC(=O)NC(=N)N(Cc1cccc(I)c1)C(=O)OC(C)(C)C.CC(C)(C)OC(=O)OC(=O)OC(C)(C)C.CC(N)=NCc1cccc(I)c1. The van der Waals surface area contributed by atoms with Crippen LogP contribution in [0.15, 0.2) is 53.5 Å². The number of nitrogens with one attached hydrogen (secondary N) is 2. The van der Waals surface area contributed by atoms with Crippen molar-refractivity contribution in [3.05, 3.63) is 66.8 Å². The molecule has 2 aromatic carbocycles. The number of hydrogen-bond acceptors (Lipinski definition) is 11. The van der Waals surface area contributed by atoms with Crippen molar-refractivity contribution in [2.45, 2.75) is 126 Å². The van der Waals surface area contributed by atoms with Crippen molar-refractivity contribution in [3.63, 3.8) is 0 Å². The smallest absolute Gasteiger partial charge is 0.444 e. The molecule has 0 bridgehead atoms. The van der Waals surface area contributed by atoms with Crippen molar-refractivity contribution < 1.29 is 42.9 Å². The Morgan fingerprint density at radius 2 is 1.13 bits per heavy atom. The highest BCUT2D eigenvalue weighted by Crippen LogP contribution is 2.16. The molecule has 0 saturated carbocycles. The van der Waals surface area contributed by atoms with Gasteiger partial charge >= 0.3 is 24.5 Å². The summed E-state index contributed by atoms with van der Waals surface area (Å²) in [5, 5.41) is 10.4. The van der Waals surface area contributed by atoms with Gasteiger partial charge in [-0.3, -0.25) is 15.7 Å². The highest BCUT2D eigenvalue weighted by Gasteiger charge is 2.28. The molecule has 0 radical (unpaired) electrons. The van der Waals surface area contributed by atoms with E-state index in [1.807, 2.05) is 30.3 Å². The Hall–Kier alpha value is -3.68. The van der Waals surface area contributed by atoms with Crippen LogP contribution in [-0.4, -0.2) is 63.6 Å². The standard InChI is InChI=1S/C18H26IN3O4.C10H18O5.C9H11IN2/c1-17(2,3)25-15(23)21-14(20)22(16(24)26-18(4,5)6)11-12-8-7-9-13(19)10-12;1-9(2,3)14-7(11)13-8(12)15-10(4,5)6;1-7(11)12-6-8-3-2-4-9(10)5-8/h7-10H,11H2,1-6H3,(H2,20,21,23);1-6H3;2-5H,6H2,1H3,(H2,11,12). The highest BCUT2D eigenvalue weighted by atomic mass is 127. The number of aliphatic imine (C=N–C) groups is 1. The Morgan fingerprint density at radius 1 is 0.717 bits per heavy atom. The van der Waals surface area contributed by atoms with Crippen LogP contribution in [0.5, 0.6) is 0 Å². The second kappa shape index (κ2) is 21.9. The van der Waals surface area contributed by atoms with Gasteiger partial charge in [-0.15, -0.1) is 0 Å². The molecule has 296 valence electrons. The number of nitrogens with two attached hydrogens (primary N) is 1. The van der Waals surface area contributed by atoms with E-state index >= 15 is 0 Å². The Labute approximate surface area is 341 Å². The summed E-state index contributed by atoms with van der Waals surface area (Å²) in [7, 11) is 0. The average Bonchev–Trinajstić information content (AvgIpc) is 2.91. The van der Waals surface area contributed by atoms with Crippen LogP contribution in [0.1, 0.15) is 101 Å². The number of halogens is 2. The van der Waals surface area contributed by atoms with Gasteiger partial charge in [-0.2, -0.15) is 0 Å². The van der Waals surface area contributed by atoms with Gasteiger partial charge in [-0.25, -0.2) is 24.1 Å². The zero-order valence-corrected chi connectivity index (χ0v) is 37.2. The minimum atomic E-state index is -1.06. The first-order chi connectivity index (χ1) is 23.9. The van der Waals surface area contributed by atoms with Gasteiger partial charge in [-0.1, -0.05) is 24.3 Å². The molecule has 0 heterocycles. The molecular weight excluding hydrogens is 912 g/mol. The summed E-state index contributed by atoms with van der Waals surface area (Å²) in [6.07, 6.45) is -3.65. The van der Waals surface area contributed by atoms with Crippen LogP contribution in [0.2, 0.25) is 0 Å². The van der Waals surface area contributed by atoms with Crippen molar-refractivity contribution in [1.82, 2.24) is 10.2 Å². The maximum atomic E-state index is 12.5. The lowest BCUT2D eigenvalue weighted by Gasteiger charge is -2.28. The number of amidine groups is 1. The molecule has 4 N–H and O–H groups in total. The third-order valence-electron chi connectivity index (χ3n) is 5.08. The first-order valence-corrected chi connectivity index (χ1v) is 18.6. The average molecular weight is 968 g/mol. The van der Waals surface area contributed by atoms with Crippen molar-refractivity contribution in [1.29, 1.82) is 5.41 Å². The zero-order chi connectivity index (χ0) is 41.4. The van der Waals surface area contributed by atoms with Crippen LogP contribution >= 0.6 is 45.2 Å². The molecule has 0 fully saturated rings. The van der Waals surface area contributed by atoms with Crippen molar-refractivity contribution in [3.8, 4) is 0 Å². The minimum Gasteiger partial charge on any atom is -0.444 e. The second-order valence-electron chi connectivity index (χ2n) is 15.3. The number of carbonyl (C=O) groups excluding carboxylic acids is 4. The number of benzene rings is 2. The van der Waals surface area contributed by atoms with Gasteiger partial charge < -0.3 is 29.4 Å². The molecule has 0 aliphatic carbocycles. The minimum absolute atomic E-state index is 0.0837. The molecule has 16 heteroatoms. The maximum absolute atomic E-state index is 12.5. The normalized spacial score (nSPS) is 11.6. The number of rotatable bonds is 4. The molecule has 0 unspecified atom stereocenters. The molecule has 0 saturated heterocycles. The van der Waals surface area contributed by atoms with E-state index in [9.17, 15) is 19.2 Å². The van der Waals surface area contributed by atoms with E-state index in [1.54, 1.807) is 90.0 Å². The van der Waals surface area contributed by atoms with E-state index < -0.39 is 52.9 Å². The summed E-state index contributed by atoms with van der Waals surface area (Å²) in [4.78, 5) is 51.7. The summed E-state index contributed by atoms with van der Waals surface area (Å²) in [6, 6.07) is 15.7. The van der Waals surface area contributed by atoms with E-state index in [1.165, 1.54) is 9.13 Å². The molecule has 2 aromatic rings. The third kappa shape index (κ3) is 27.6. The van der Waals surface area contributed by atoms with Crippen molar-refractivity contribution >= 4 is 81.5 Å². The van der Waals surface area contributed by atoms with Crippen LogP contribution < -0.4 is 11.1 Å². The fourth-order valence-electron chi connectivity index (χ4n) is 3.30. The van der Waals surface area contributed by atoms with E-state index in [0.29, 0.717) is 12.4 Å². The van der Waals surface area contributed by atoms with Crippen LogP contribution in [0.4, 0.5) is 19.2 Å². The Morgan fingerprint density at radius 3 is 1.53 bits per heavy atom. The number of ether oxygens (including phenoxy) is 5. The number of guanidine groups is 1. The quantitative estimate of drug-likeness (QED) is 0.0664. The molecule has 0 aliphatic rings. The van der Waals surface area contributed by atoms with Crippen molar-refractivity contribution in [2.75, 3.05) is 0 Å². The number of alkyl carbamates (subject to hydrolysis) is 1. The summed E-state index contributed by atoms with van der Waals surface area (Å²) in [6.45, 7) is 22.9. The molecule has 0 spiro atoms. The first-order valence-electron chi connectivity index (χ1n) is 16.4. The molecule has 53 heavy (non-hydrogen) atoms. The lowest BCUT2D eigenvalue weighted by atomic mass is 10.2. The van der Waals surface area contributed by atoms with E-state index in [4.69, 9.17) is 30.1 Å². The van der Waals surface area contributed by atoms with Gasteiger partial charge in [0.2, 0.25) is 5.96 Å². The van der Waals surface area contributed by atoms with E-state index in [-0.39, 0.29) is 6.54 Å². The Bertz CT molecular complexity index is 1540. The Kier molecular flexibility index (Phi) is 20.4. The number of carbonyl (C=O) groups is 4. The monoisotopic (exact) mass is 967 g/mol. The van der Waals surface area contributed by atoms with Crippen LogP contribution in [0.3, 0.4) is 0 Å². The van der Waals surface area contributed by atoms with Gasteiger partial charge in [0, 0.05) is 7.14 Å². The molecule has 0 atom stereocenters. The number of nitrogens with zero attached hydrogens (tertiary/aromatic N) is 2. The maximum Gasteiger partial charge on any atom is 0.519 e. The highest BCUT2D eigenvalue weighted by molar-refractivity contribution is 14.1. The molecule has 0 aromatic heterocycles. The predicted molar refractivity (Wildman–Crippen MR) is 222 cm³/mol. The van der Waals surface area contributed by atoms with E-state index in [0.717, 1.165) is 14.0 Å². The molecule has 2 rings (SSSR count). The van der Waals surface area contributed by atoms with E-state index in [2.05, 4.69) is 78.4 Å². The molecular formula is C37H55I2N5O9. The number of amides is 2. The molecule has 0 aliphatic heterocycles. The lowest BCUT2D eigenvalue weighted by molar-refractivity contribution is -0.0294. The zero-order valence-electron chi connectivity index (χ0n) is 32.9. The van der Waals surface area contributed by atoms with Gasteiger partial charge in [0.25, 0.3) is 0 Å². The van der Waals surface area contributed by atoms with Crippen molar-refractivity contribution in [2.24, 2.45) is 10.7 Å². The lowest BCUT2D eigenvalue weighted by Crippen LogP contribution is -2.49. The third-order valence-corrected chi connectivity index (χ3v) is 6.42. The Balaban J connectivity index is 0.000000845. The van der Waals surface area contributed by atoms with Gasteiger partial charge in [0.15, 0.2) is 0 Å². The van der Waals surface area contributed by atoms with Crippen LogP contribution in [-0.2, 0) is 36.8 Å². The van der Waals surface area contributed by atoms with Crippen LogP contribution in [0, 0.1) is 12.5 Å². The second-order valence-corrected chi connectivity index (χ2v) is 17.8. The fraction of sp³-hybridized carbons (Fsp3) is 0.514. The summed E-state index contributed by atoms with van der Waals surface area (Å²) >= 11 is 4.45. The van der Waals surface area contributed by atoms with Gasteiger partial charge in [-0.05, 0) is 171 Å². The summed E-state index contributed by atoms with van der Waals surface area (Å²) in [5.41, 5.74) is 4.60. The fourth-order valence-corrected chi connectivity index (χ4v) is 4.51. The topological polar surface area (TPSA) is 192 Å². The summed E-state index contributed by atoms with van der Waals surface area (Å²) < 4.78 is 26.5. The number of hydrogen-bond donors (Lipinski definition) is 3.